The zero-order valence-electron chi connectivity index (χ0n) is 16.8. The zero-order valence-corrected chi connectivity index (χ0v) is 16.8. The van der Waals surface area contributed by atoms with Crippen LogP contribution in [-0.2, 0) is 23.8 Å². The fourth-order valence-corrected chi connectivity index (χ4v) is 3.57. The molecule has 1 saturated carbocycles. The molecule has 0 bridgehead atoms. The highest BCUT2D eigenvalue weighted by molar-refractivity contribution is 5.77. The largest absolute Gasteiger partial charge is 0.488 e. The molecule has 0 radical (unpaired) electrons. The third kappa shape index (κ3) is 5.55. The molecule has 0 aromatic carbocycles. The second-order valence-corrected chi connectivity index (χ2v) is 7.39. The topological polar surface area (TPSA) is 61.8 Å². The van der Waals surface area contributed by atoms with Crippen LogP contribution >= 0.6 is 0 Å². The van der Waals surface area contributed by atoms with Crippen molar-refractivity contribution in [1.29, 1.82) is 0 Å². The van der Waals surface area contributed by atoms with Gasteiger partial charge in [-0.15, -0.1) is 0 Å². The molecule has 2 unspecified atom stereocenters. The van der Waals surface area contributed by atoms with Gasteiger partial charge in [0.1, 0.15) is 5.92 Å². The van der Waals surface area contributed by atoms with Crippen LogP contribution in [0.15, 0.2) is 23.5 Å². The van der Waals surface area contributed by atoms with Crippen LogP contribution < -0.4 is 0 Å². The van der Waals surface area contributed by atoms with Crippen LogP contribution in [0.5, 0.6) is 0 Å². The van der Waals surface area contributed by atoms with E-state index in [1.165, 1.54) is 6.08 Å². The Kier molecular flexibility index (Phi) is 8.45. The van der Waals surface area contributed by atoms with E-state index in [4.69, 9.17) is 14.2 Å². The predicted octanol–water partition coefficient (Wildman–Crippen LogP) is 4.77. The van der Waals surface area contributed by atoms with Gasteiger partial charge in [-0.3, -0.25) is 9.59 Å². The van der Waals surface area contributed by atoms with Crippen molar-refractivity contribution in [2.75, 3.05) is 13.2 Å². The van der Waals surface area contributed by atoms with Crippen LogP contribution in [0.25, 0.3) is 0 Å². The monoisotopic (exact) mass is 400 g/mol. The molecule has 0 amide bonds. The molecule has 7 heteroatoms. The maximum Gasteiger partial charge on any atom is 0.316 e. The first kappa shape index (κ1) is 22.4. The van der Waals surface area contributed by atoms with E-state index in [-0.39, 0.29) is 30.4 Å². The smallest absolute Gasteiger partial charge is 0.316 e. The van der Waals surface area contributed by atoms with Gasteiger partial charge in [0.25, 0.3) is 0 Å². The molecule has 0 aliphatic heterocycles. The van der Waals surface area contributed by atoms with Gasteiger partial charge in [0.05, 0.1) is 25.2 Å². The third-order valence-electron chi connectivity index (χ3n) is 5.22. The van der Waals surface area contributed by atoms with Gasteiger partial charge < -0.3 is 14.2 Å². The van der Waals surface area contributed by atoms with Gasteiger partial charge in [0.15, 0.2) is 17.4 Å². The number of ether oxygens (including phenoxy) is 3. The Morgan fingerprint density at radius 3 is 2.36 bits per heavy atom. The number of halogens is 2. The van der Waals surface area contributed by atoms with Crippen molar-refractivity contribution in [2.24, 2.45) is 17.8 Å². The fourth-order valence-electron chi connectivity index (χ4n) is 3.57. The molecular formula is C21H30F2O5. The van der Waals surface area contributed by atoms with Crippen molar-refractivity contribution in [3.63, 3.8) is 0 Å². The van der Waals surface area contributed by atoms with Crippen molar-refractivity contribution < 1.29 is 32.6 Å². The van der Waals surface area contributed by atoms with E-state index in [1.54, 1.807) is 13.8 Å². The molecule has 0 aromatic rings. The zero-order chi connectivity index (χ0) is 20.7. The maximum absolute atomic E-state index is 14.5. The van der Waals surface area contributed by atoms with Crippen molar-refractivity contribution >= 4 is 11.9 Å². The summed E-state index contributed by atoms with van der Waals surface area (Å²) in [5, 5.41) is 0. The second kappa shape index (κ2) is 10.6. The standard InChI is InChI=1S/C21H30F2O5/c1-4-6-11-27-21(25)17-13(3)12-16(18(22)19(17)23)28-15-9-7-14(8-10-15)20(24)26-5-2/h12-15,17H,4-11H2,1-3H3/t13?,14-,15+,17?. The van der Waals surface area contributed by atoms with Crippen molar-refractivity contribution in [3.05, 3.63) is 23.5 Å². The number of carbonyl (C=O) groups is 2. The number of unbranched alkanes of at least 4 members (excludes halogenated alkanes) is 1. The lowest BCUT2D eigenvalue weighted by Gasteiger charge is -2.30. The Balaban J connectivity index is 1.94. The van der Waals surface area contributed by atoms with Gasteiger partial charge in [-0.1, -0.05) is 20.3 Å². The first-order valence-electron chi connectivity index (χ1n) is 10.2. The second-order valence-electron chi connectivity index (χ2n) is 7.39. The van der Waals surface area contributed by atoms with Crippen molar-refractivity contribution in [3.8, 4) is 0 Å². The van der Waals surface area contributed by atoms with E-state index in [2.05, 4.69) is 0 Å². The molecule has 1 fully saturated rings. The minimum absolute atomic E-state index is 0.165. The average molecular weight is 400 g/mol. The summed E-state index contributed by atoms with van der Waals surface area (Å²) in [5.74, 6) is -5.41. The van der Waals surface area contributed by atoms with Crippen LogP contribution in [-0.4, -0.2) is 31.3 Å². The average Bonchev–Trinajstić information content (AvgIpc) is 2.67. The van der Waals surface area contributed by atoms with Crippen LogP contribution in [0.4, 0.5) is 8.78 Å². The number of esters is 2. The summed E-state index contributed by atoms with van der Waals surface area (Å²) in [4.78, 5) is 23.9. The molecule has 0 saturated heterocycles. The highest BCUT2D eigenvalue weighted by atomic mass is 19.2. The Bertz CT molecular complexity index is 620. The summed E-state index contributed by atoms with van der Waals surface area (Å²) in [7, 11) is 0. The number of hydrogen-bond donors (Lipinski definition) is 0. The summed E-state index contributed by atoms with van der Waals surface area (Å²) in [6.07, 6.45) is 4.98. The lowest BCUT2D eigenvalue weighted by atomic mass is 9.86. The van der Waals surface area contributed by atoms with Crippen LogP contribution in [0.2, 0.25) is 0 Å². The quantitative estimate of drug-likeness (QED) is 0.434. The van der Waals surface area contributed by atoms with Gasteiger partial charge in [-0.25, -0.2) is 4.39 Å². The summed E-state index contributed by atoms with van der Waals surface area (Å²) in [5.41, 5.74) is 0. The molecule has 0 spiro atoms. The van der Waals surface area contributed by atoms with Gasteiger partial charge in [-0.05, 0) is 51.0 Å². The van der Waals surface area contributed by atoms with Gasteiger partial charge >= 0.3 is 11.9 Å². The van der Waals surface area contributed by atoms with Gasteiger partial charge in [-0.2, -0.15) is 4.39 Å². The minimum Gasteiger partial charge on any atom is -0.488 e. The Hall–Kier alpha value is -1.92. The Morgan fingerprint density at radius 2 is 1.75 bits per heavy atom. The van der Waals surface area contributed by atoms with E-state index >= 15 is 0 Å². The first-order chi connectivity index (χ1) is 13.4. The summed E-state index contributed by atoms with van der Waals surface area (Å²) in [6, 6.07) is 0. The molecular weight excluding hydrogens is 370 g/mol. The molecule has 0 aromatic heterocycles. The molecule has 2 aliphatic rings. The van der Waals surface area contributed by atoms with Crippen molar-refractivity contribution in [2.45, 2.75) is 65.4 Å². The van der Waals surface area contributed by atoms with Crippen LogP contribution in [0.1, 0.15) is 59.3 Å². The van der Waals surface area contributed by atoms with Crippen molar-refractivity contribution in [1.82, 2.24) is 0 Å². The fraction of sp³-hybridized carbons (Fsp3) is 0.714. The number of allylic oxidation sites excluding steroid dienone is 2. The Morgan fingerprint density at radius 1 is 1.07 bits per heavy atom. The molecule has 158 valence electrons. The molecule has 2 atom stereocenters. The molecule has 5 nitrogen and oxygen atoms in total. The maximum atomic E-state index is 14.5. The first-order valence-corrected chi connectivity index (χ1v) is 10.2. The van der Waals surface area contributed by atoms with E-state index in [0.717, 1.165) is 6.42 Å². The van der Waals surface area contributed by atoms with E-state index in [9.17, 15) is 18.4 Å². The SMILES string of the molecule is CCCCOC(=O)C1C(F)=C(F)C(O[C@H]2CC[C@@H](C(=O)OCC)CC2)=CC1C. The summed E-state index contributed by atoms with van der Waals surface area (Å²) < 4.78 is 44.8. The highest BCUT2D eigenvalue weighted by Crippen LogP contribution is 2.39. The third-order valence-corrected chi connectivity index (χ3v) is 5.22. The van der Waals surface area contributed by atoms with E-state index in [0.29, 0.717) is 38.7 Å². The number of carbonyl (C=O) groups excluding carboxylic acids is 2. The molecule has 2 rings (SSSR count). The molecule has 28 heavy (non-hydrogen) atoms. The molecule has 2 aliphatic carbocycles. The lowest BCUT2D eigenvalue weighted by Crippen LogP contribution is -2.30. The van der Waals surface area contributed by atoms with E-state index in [1.807, 2.05) is 6.92 Å². The van der Waals surface area contributed by atoms with Crippen LogP contribution in [0, 0.1) is 17.8 Å². The van der Waals surface area contributed by atoms with E-state index < -0.39 is 29.5 Å². The van der Waals surface area contributed by atoms with Gasteiger partial charge in [0, 0.05) is 0 Å². The number of hydrogen-bond acceptors (Lipinski definition) is 5. The normalized spacial score (nSPS) is 27.8. The summed E-state index contributed by atoms with van der Waals surface area (Å²) in [6.45, 7) is 5.89. The number of rotatable bonds is 8. The minimum atomic E-state index is -1.27. The predicted molar refractivity (Wildman–Crippen MR) is 99.3 cm³/mol. The van der Waals surface area contributed by atoms with Gasteiger partial charge in [0.2, 0.25) is 0 Å². The lowest BCUT2D eigenvalue weighted by molar-refractivity contribution is -0.150. The summed E-state index contributed by atoms with van der Waals surface area (Å²) >= 11 is 0. The Labute approximate surface area is 165 Å². The highest BCUT2D eigenvalue weighted by Gasteiger charge is 2.39. The van der Waals surface area contributed by atoms with Crippen LogP contribution in [0.3, 0.4) is 0 Å². The molecule has 0 N–H and O–H groups in total. The molecule has 0 heterocycles.